The number of nitrogens with two attached hydrogens (primary N) is 1. The van der Waals surface area contributed by atoms with Crippen molar-refractivity contribution in [2.75, 3.05) is 11.1 Å². The summed E-state index contributed by atoms with van der Waals surface area (Å²) in [5, 5.41) is 9.07. The number of nitrogens with zero attached hydrogens (tertiary/aromatic N) is 1. The van der Waals surface area contributed by atoms with Crippen LogP contribution in [0.3, 0.4) is 0 Å². The van der Waals surface area contributed by atoms with Gasteiger partial charge < -0.3 is 11.1 Å². The largest absolute Gasteiger partial charge is 0.395 e. The van der Waals surface area contributed by atoms with Gasteiger partial charge in [-0.05, 0) is 18.1 Å². The van der Waals surface area contributed by atoms with Crippen molar-refractivity contribution in [1.82, 2.24) is 10.2 Å². The molecule has 2 aromatic rings. The van der Waals surface area contributed by atoms with E-state index >= 15 is 0 Å². The van der Waals surface area contributed by atoms with Gasteiger partial charge in [0.15, 0.2) is 5.69 Å². The van der Waals surface area contributed by atoms with E-state index in [4.69, 9.17) is 28.9 Å². The highest BCUT2D eigenvalue weighted by atomic mass is 35.5. The summed E-state index contributed by atoms with van der Waals surface area (Å²) >= 11 is 11.7. The molecule has 5 nitrogen and oxygen atoms in total. The fourth-order valence-corrected chi connectivity index (χ4v) is 2.37. The molecule has 1 heterocycles. The first kappa shape index (κ1) is 15.6. The molecule has 0 fully saturated rings. The summed E-state index contributed by atoms with van der Waals surface area (Å²) in [6.07, 6.45) is 0. The van der Waals surface area contributed by atoms with Crippen molar-refractivity contribution in [2.24, 2.45) is 0 Å². The summed E-state index contributed by atoms with van der Waals surface area (Å²) in [5.74, 6) is -1.08. The minimum absolute atomic E-state index is 0.00783. The second-order valence-corrected chi connectivity index (χ2v) is 5.57. The van der Waals surface area contributed by atoms with Crippen LogP contribution in [0, 0.1) is 5.82 Å². The van der Waals surface area contributed by atoms with E-state index in [1.165, 1.54) is 0 Å². The first-order chi connectivity index (χ1) is 9.81. The monoisotopic (exact) mass is 330 g/mol. The number of aromatic nitrogens is 2. The van der Waals surface area contributed by atoms with Gasteiger partial charge in [-0.15, -0.1) is 0 Å². The van der Waals surface area contributed by atoms with Gasteiger partial charge in [0.2, 0.25) is 0 Å². The number of hydrogen-bond acceptors (Lipinski definition) is 3. The van der Waals surface area contributed by atoms with E-state index < -0.39 is 11.7 Å². The molecule has 0 aliphatic heterocycles. The fourth-order valence-electron chi connectivity index (χ4n) is 1.81. The quantitative estimate of drug-likeness (QED) is 0.799. The van der Waals surface area contributed by atoms with Crippen molar-refractivity contribution in [3.05, 3.63) is 39.4 Å². The predicted octanol–water partition coefficient (Wildman–Crippen LogP) is 3.81. The topological polar surface area (TPSA) is 83.8 Å². The van der Waals surface area contributed by atoms with Crippen LogP contribution in [0.4, 0.5) is 15.8 Å². The fraction of sp³-hybridized carbons (Fsp3) is 0.231. The smallest absolute Gasteiger partial charge is 0.278 e. The lowest BCUT2D eigenvalue weighted by Gasteiger charge is -2.09. The summed E-state index contributed by atoms with van der Waals surface area (Å²) in [6.45, 7) is 3.83. The zero-order valence-corrected chi connectivity index (χ0v) is 12.8. The third-order valence-electron chi connectivity index (χ3n) is 2.87. The van der Waals surface area contributed by atoms with Crippen LogP contribution in [0.5, 0.6) is 0 Å². The molecule has 1 aromatic carbocycles. The Bertz CT molecular complexity index is 676. The maximum absolute atomic E-state index is 13.1. The van der Waals surface area contributed by atoms with Gasteiger partial charge in [0, 0.05) is 0 Å². The number of amides is 1. The normalized spacial score (nSPS) is 11.0. The number of hydrogen-bond donors (Lipinski definition) is 3. The molecule has 0 atom stereocenters. The van der Waals surface area contributed by atoms with E-state index in [2.05, 4.69) is 15.5 Å². The molecule has 2 rings (SSSR count). The number of nitrogen functional groups attached to an aromatic ring is 1. The van der Waals surface area contributed by atoms with Crippen LogP contribution in [0.1, 0.15) is 35.9 Å². The molecular weight excluding hydrogens is 318 g/mol. The molecule has 0 unspecified atom stereocenters. The molecule has 1 amide bonds. The van der Waals surface area contributed by atoms with Crippen molar-refractivity contribution in [3.8, 4) is 0 Å². The van der Waals surface area contributed by atoms with Gasteiger partial charge in [0.05, 0.1) is 27.1 Å². The molecule has 21 heavy (non-hydrogen) atoms. The van der Waals surface area contributed by atoms with E-state index in [0.717, 1.165) is 12.1 Å². The molecule has 4 N–H and O–H groups in total. The van der Waals surface area contributed by atoms with Gasteiger partial charge in [-0.25, -0.2) is 4.39 Å². The molecule has 0 bridgehead atoms. The van der Waals surface area contributed by atoms with Gasteiger partial charge in [-0.3, -0.25) is 9.89 Å². The van der Waals surface area contributed by atoms with Crippen LogP contribution in [-0.4, -0.2) is 16.1 Å². The first-order valence-electron chi connectivity index (χ1n) is 6.11. The third-order valence-corrected chi connectivity index (χ3v) is 3.47. The van der Waals surface area contributed by atoms with Crippen LogP contribution in [0.2, 0.25) is 10.0 Å². The Hall–Kier alpha value is -1.79. The summed E-state index contributed by atoms with van der Waals surface area (Å²) in [6, 6.07) is 2.10. The minimum atomic E-state index is -0.593. The number of anilines is 2. The Morgan fingerprint density at radius 1 is 1.38 bits per heavy atom. The lowest BCUT2D eigenvalue weighted by atomic mass is 10.1. The maximum Gasteiger partial charge on any atom is 0.278 e. The Labute approximate surface area is 130 Å². The molecule has 112 valence electrons. The highest BCUT2D eigenvalue weighted by molar-refractivity contribution is 6.40. The van der Waals surface area contributed by atoms with E-state index in [1.807, 2.05) is 13.8 Å². The Morgan fingerprint density at radius 2 is 1.95 bits per heavy atom. The average Bonchev–Trinajstić information content (AvgIpc) is 2.75. The van der Waals surface area contributed by atoms with Gasteiger partial charge in [-0.2, -0.15) is 5.10 Å². The molecule has 0 aliphatic rings. The van der Waals surface area contributed by atoms with Crippen LogP contribution in [0.25, 0.3) is 0 Å². The van der Waals surface area contributed by atoms with Gasteiger partial charge in [0.25, 0.3) is 5.91 Å². The molecule has 0 spiro atoms. The van der Waals surface area contributed by atoms with Crippen LogP contribution in [0.15, 0.2) is 12.1 Å². The number of aromatic amines is 1. The average molecular weight is 331 g/mol. The van der Waals surface area contributed by atoms with E-state index in [9.17, 15) is 9.18 Å². The van der Waals surface area contributed by atoms with E-state index in [-0.39, 0.29) is 33.0 Å². The molecule has 8 heteroatoms. The molecule has 1 aromatic heterocycles. The Kier molecular flexibility index (Phi) is 4.39. The SMILES string of the molecule is CC(C)c1[nH]nc(C(=O)Nc2c(Cl)cc(F)cc2Cl)c1N. The number of carbonyl (C=O) groups is 1. The molecule has 0 saturated heterocycles. The van der Waals surface area contributed by atoms with Crippen molar-refractivity contribution in [2.45, 2.75) is 19.8 Å². The van der Waals surface area contributed by atoms with Crippen LogP contribution >= 0.6 is 23.2 Å². The predicted molar refractivity (Wildman–Crippen MR) is 81.5 cm³/mol. The number of benzene rings is 1. The van der Waals surface area contributed by atoms with E-state index in [1.54, 1.807) is 0 Å². The number of carbonyl (C=O) groups excluding carboxylic acids is 1. The highest BCUT2D eigenvalue weighted by Crippen LogP contribution is 2.32. The second-order valence-electron chi connectivity index (χ2n) is 4.75. The maximum atomic E-state index is 13.1. The van der Waals surface area contributed by atoms with Crippen LogP contribution < -0.4 is 11.1 Å². The first-order valence-corrected chi connectivity index (χ1v) is 6.86. The summed E-state index contributed by atoms with van der Waals surface area (Å²) in [7, 11) is 0. The lowest BCUT2D eigenvalue weighted by Crippen LogP contribution is -2.15. The summed E-state index contributed by atoms with van der Waals surface area (Å²) in [5.41, 5.74) is 6.95. The molecule has 0 radical (unpaired) electrons. The Morgan fingerprint density at radius 3 is 2.43 bits per heavy atom. The van der Waals surface area contributed by atoms with Gasteiger partial charge in [0.1, 0.15) is 5.82 Å². The second kappa shape index (κ2) is 5.91. The lowest BCUT2D eigenvalue weighted by molar-refractivity contribution is 0.102. The summed E-state index contributed by atoms with van der Waals surface area (Å²) < 4.78 is 13.1. The molecule has 0 aliphatic carbocycles. The van der Waals surface area contributed by atoms with Crippen molar-refractivity contribution < 1.29 is 9.18 Å². The van der Waals surface area contributed by atoms with Crippen molar-refractivity contribution in [3.63, 3.8) is 0 Å². The number of nitrogens with one attached hydrogen (secondary N) is 2. The highest BCUT2D eigenvalue weighted by Gasteiger charge is 2.20. The number of H-pyrrole nitrogens is 1. The molecular formula is C13H13Cl2FN4O. The zero-order valence-electron chi connectivity index (χ0n) is 11.3. The number of rotatable bonds is 3. The third kappa shape index (κ3) is 3.11. The van der Waals surface area contributed by atoms with Crippen LogP contribution in [-0.2, 0) is 0 Å². The molecule has 0 saturated carbocycles. The Balaban J connectivity index is 2.31. The van der Waals surface area contributed by atoms with E-state index in [0.29, 0.717) is 5.69 Å². The number of halogens is 3. The summed E-state index contributed by atoms with van der Waals surface area (Å²) in [4.78, 5) is 12.2. The minimum Gasteiger partial charge on any atom is -0.395 e. The zero-order chi connectivity index (χ0) is 15.7. The standard InChI is InChI=1S/C13H13Cl2FN4O/c1-5(2)10-9(17)12(20-19-10)13(21)18-11-7(14)3-6(16)4-8(11)15/h3-5H,17H2,1-2H3,(H,18,21)(H,19,20). The van der Waals surface area contributed by atoms with Crippen molar-refractivity contribution >= 4 is 40.5 Å². The van der Waals surface area contributed by atoms with Gasteiger partial charge in [-0.1, -0.05) is 37.0 Å². The van der Waals surface area contributed by atoms with Crippen molar-refractivity contribution in [1.29, 1.82) is 0 Å². The van der Waals surface area contributed by atoms with Gasteiger partial charge >= 0.3 is 0 Å².